The van der Waals surface area contributed by atoms with Gasteiger partial charge in [-0.05, 0) is 18.2 Å². The molecule has 2 rings (SSSR count). The predicted octanol–water partition coefficient (Wildman–Crippen LogP) is 0.833. The fourth-order valence-corrected chi connectivity index (χ4v) is 1.84. The van der Waals surface area contributed by atoms with Crippen molar-refractivity contribution in [2.45, 2.75) is 12.0 Å². The molecule has 1 aromatic rings. The maximum absolute atomic E-state index is 10.3. The predicted molar refractivity (Wildman–Crippen MR) is 79.6 cm³/mol. The number of aldehydes is 1. The Morgan fingerprint density at radius 2 is 2.24 bits per heavy atom. The van der Waals surface area contributed by atoms with Crippen molar-refractivity contribution in [2.75, 3.05) is 38.8 Å². The van der Waals surface area contributed by atoms with Crippen molar-refractivity contribution in [1.82, 2.24) is 0 Å². The van der Waals surface area contributed by atoms with E-state index in [2.05, 4.69) is 11.8 Å². The summed E-state index contributed by atoms with van der Waals surface area (Å²) >= 11 is 0. The first-order valence-corrected chi connectivity index (χ1v) is 6.75. The summed E-state index contributed by atoms with van der Waals surface area (Å²) in [6, 6.07) is 5.55. The number of benzene rings is 1. The van der Waals surface area contributed by atoms with Crippen LogP contribution >= 0.6 is 0 Å². The van der Waals surface area contributed by atoms with E-state index in [1.54, 1.807) is 0 Å². The first-order chi connectivity index (χ1) is 10.0. The van der Waals surface area contributed by atoms with Gasteiger partial charge in [-0.3, -0.25) is 0 Å². The number of anilines is 1. The molecule has 5 nitrogen and oxygen atoms in total. The second-order valence-electron chi connectivity index (χ2n) is 5.16. The van der Waals surface area contributed by atoms with Crippen molar-refractivity contribution in [3.05, 3.63) is 23.8 Å². The van der Waals surface area contributed by atoms with Gasteiger partial charge in [-0.2, -0.15) is 0 Å². The molecule has 0 saturated carbocycles. The molecule has 112 valence electrons. The largest absolute Gasteiger partial charge is 0.491 e. The van der Waals surface area contributed by atoms with Gasteiger partial charge in [-0.25, -0.2) is 0 Å². The maximum atomic E-state index is 10.3. The maximum Gasteiger partial charge on any atom is 0.172 e. The quantitative estimate of drug-likeness (QED) is 0.494. The average Bonchev–Trinajstić information content (AvgIpc) is 2.44. The second kappa shape index (κ2) is 6.61. The minimum atomic E-state index is -1.02. The molecule has 1 aliphatic rings. The Bertz CT molecular complexity index is 567. The van der Waals surface area contributed by atoms with E-state index >= 15 is 0 Å². The third-order valence-electron chi connectivity index (χ3n) is 3.06. The van der Waals surface area contributed by atoms with Gasteiger partial charge < -0.3 is 24.3 Å². The molecule has 21 heavy (non-hydrogen) atoms. The lowest BCUT2D eigenvalue weighted by atomic mass is 10.0. The van der Waals surface area contributed by atoms with Crippen LogP contribution in [0.25, 0.3) is 0 Å². The third kappa shape index (κ3) is 3.97. The first-order valence-electron chi connectivity index (χ1n) is 6.75. The standard InChI is InChI=1S/C16H19NO4/c1-17(2)14-10-13(6-7-16(19)11-20-12-16)4-5-15(14)21-9-3-8-18/h4-5,8,10,19H,3,9,11-12H2,1-2H3. The Morgan fingerprint density at radius 1 is 1.48 bits per heavy atom. The molecule has 0 spiro atoms. The van der Waals surface area contributed by atoms with Crippen molar-refractivity contribution < 1.29 is 19.4 Å². The van der Waals surface area contributed by atoms with Crippen molar-refractivity contribution >= 4 is 12.0 Å². The number of hydrogen-bond donors (Lipinski definition) is 1. The lowest BCUT2D eigenvalue weighted by Crippen LogP contribution is -2.48. The van der Waals surface area contributed by atoms with Gasteiger partial charge in [0.05, 0.1) is 25.5 Å². The first kappa shape index (κ1) is 15.4. The fraction of sp³-hybridized carbons (Fsp3) is 0.438. The van der Waals surface area contributed by atoms with Crippen LogP contribution < -0.4 is 9.64 Å². The molecule has 5 heteroatoms. The minimum Gasteiger partial charge on any atom is -0.491 e. The van der Waals surface area contributed by atoms with Gasteiger partial charge in [-0.15, -0.1) is 0 Å². The smallest absolute Gasteiger partial charge is 0.172 e. The van der Waals surface area contributed by atoms with Gasteiger partial charge in [-0.1, -0.05) is 11.8 Å². The SMILES string of the molecule is CN(C)c1cc(C#CC2(O)COC2)ccc1OCCC=O. The van der Waals surface area contributed by atoms with Crippen LogP contribution in [0.3, 0.4) is 0 Å². The van der Waals surface area contributed by atoms with Crippen LogP contribution in [0.5, 0.6) is 5.75 Å². The molecule has 1 aromatic carbocycles. The number of rotatable bonds is 5. The van der Waals surface area contributed by atoms with Crippen LogP contribution in [0.15, 0.2) is 18.2 Å². The Balaban J connectivity index is 2.17. The van der Waals surface area contributed by atoms with Gasteiger partial charge in [0.25, 0.3) is 0 Å². The van der Waals surface area contributed by atoms with Crippen molar-refractivity contribution in [1.29, 1.82) is 0 Å². The van der Waals surface area contributed by atoms with Gasteiger partial charge in [0.2, 0.25) is 0 Å². The molecular weight excluding hydrogens is 270 g/mol. The number of ether oxygens (including phenoxy) is 2. The zero-order valence-corrected chi connectivity index (χ0v) is 12.3. The molecule has 1 aliphatic heterocycles. The van der Waals surface area contributed by atoms with E-state index in [1.807, 2.05) is 37.2 Å². The molecule has 1 fully saturated rings. The summed E-state index contributed by atoms with van der Waals surface area (Å²) in [4.78, 5) is 12.3. The molecule has 1 N–H and O–H groups in total. The van der Waals surface area contributed by atoms with Crippen LogP contribution in [0.2, 0.25) is 0 Å². The van der Waals surface area contributed by atoms with Gasteiger partial charge in [0, 0.05) is 26.1 Å². The molecule has 0 radical (unpaired) electrons. The van der Waals surface area contributed by atoms with Gasteiger partial charge >= 0.3 is 0 Å². The van der Waals surface area contributed by atoms with Gasteiger partial charge in [0.15, 0.2) is 5.60 Å². The van der Waals surface area contributed by atoms with E-state index in [9.17, 15) is 9.90 Å². The van der Waals surface area contributed by atoms with Crippen molar-refractivity contribution in [2.24, 2.45) is 0 Å². The highest BCUT2D eigenvalue weighted by molar-refractivity contribution is 5.62. The highest BCUT2D eigenvalue weighted by atomic mass is 16.5. The molecule has 0 amide bonds. The van der Waals surface area contributed by atoms with E-state index in [0.717, 1.165) is 17.5 Å². The third-order valence-corrected chi connectivity index (χ3v) is 3.06. The lowest BCUT2D eigenvalue weighted by Gasteiger charge is -2.30. The number of nitrogens with zero attached hydrogens (tertiary/aromatic N) is 1. The molecule has 0 aromatic heterocycles. The lowest BCUT2D eigenvalue weighted by molar-refractivity contribution is -0.140. The monoisotopic (exact) mass is 289 g/mol. The van der Waals surface area contributed by atoms with E-state index < -0.39 is 5.60 Å². The summed E-state index contributed by atoms with van der Waals surface area (Å²) in [5.74, 6) is 6.49. The molecule has 0 atom stereocenters. The Hall–Kier alpha value is -2.03. The van der Waals surface area contributed by atoms with Crippen LogP contribution in [0.4, 0.5) is 5.69 Å². The molecule has 0 aliphatic carbocycles. The highest BCUT2D eigenvalue weighted by Crippen LogP contribution is 2.28. The molecule has 1 saturated heterocycles. The zero-order chi connectivity index (χ0) is 15.3. The zero-order valence-electron chi connectivity index (χ0n) is 12.3. The Morgan fingerprint density at radius 3 is 2.81 bits per heavy atom. The van der Waals surface area contributed by atoms with Gasteiger partial charge in [0.1, 0.15) is 12.0 Å². The number of carbonyl (C=O) groups excluding carboxylic acids is 1. The summed E-state index contributed by atoms with van der Waals surface area (Å²) in [5.41, 5.74) is 0.656. The Labute approximate surface area is 124 Å². The fourth-order valence-electron chi connectivity index (χ4n) is 1.84. The van der Waals surface area contributed by atoms with Crippen LogP contribution in [-0.4, -0.2) is 50.9 Å². The van der Waals surface area contributed by atoms with E-state index in [-0.39, 0.29) is 13.2 Å². The number of carbonyl (C=O) groups is 1. The topological polar surface area (TPSA) is 59.0 Å². The molecule has 0 bridgehead atoms. The molecule has 1 heterocycles. The number of aliphatic hydroxyl groups is 1. The van der Waals surface area contributed by atoms with Crippen molar-refractivity contribution in [3.63, 3.8) is 0 Å². The number of hydrogen-bond acceptors (Lipinski definition) is 5. The summed E-state index contributed by atoms with van der Waals surface area (Å²) in [6.45, 7) is 0.868. The second-order valence-corrected chi connectivity index (χ2v) is 5.16. The summed E-state index contributed by atoms with van der Waals surface area (Å²) in [7, 11) is 3.82. The summed E-state index contributed by atoms with van der Waals surface area (Å²) < 4.78 is 10.5. The minimum absolute atomic E-state index is 0.257. The molecular formula is C16H19NO4. The van der Waals surface area contributed by atoms with Crippen molar-refractivity contribution in [3.8, 4) is 17.6 Å². The van der Waals surface area contributed by atoms with Crippen LogP contribution in [0.1, 0.15) is 12.0 Å². The summed E-state index contributed by atoms with van der Waals surface area (Å²) in [6.07, 6.45) is 1.19. The average molecular weight is 289 g/mol. The molecule has 0 unspecified atom stereocenters. The Kier molecular flexibility index (Phi) is 4.84. The van der Waals surface area contributed by atoms with Crippen LogP contribution in [-0.2, 0) is 9.53 Å². The van der Waals surface area contributed by atoms with E-state index in [1.165, 1.54) is 0 Å². The van der Waals surface area contributed by atoms with Crippen LogP contribution in [0, 0.1) is 11.8 Å². The normalized spacial score (nSPS) is 15.4. The summed E-state index contributed by atoms with van der Waals surface area (Å²) in [5, 5.41) is 9.88. The van der Waals surface area contributed by atoms with E-state index in [4.69, 9.17) is 9.47 Å². The van der Waals surface area contributed by atoms with E-state index in [0.29, 0.717) is 18.8 Å². The highest BCUT2D eigenvalue weighted by Gasteiger charge is 2.33.